The first-order valence-corrected chi connectivity index (χ1v) is 13.1. The molecule has 1 aromatic heterocycles. The standard InChI is InChI=1S/C28H41ClN5O3.2HI/c1-11-12-20(27(36)37-34(8,9)10)25(33(5,6)7)18-15-21(28(2,3)4)26(35)24(16-18)32-30-22-14-13-19(29)17-23(22)31-32;;/h13-17,20,25H,11-12H2,1-10H3;2*1H/q+1;;/p-1. The summed E-state index contributed by atoms with van der Waals surface area (Å²) >= 11 is 6.17. The first-order chi connectivity index (χ1) is 16.9. The van der Waals surface area contributed by atoms with Crippen molar-refractivity contribution in [1.29, 1.82) is 0 Å². The molecule has 8 nitrogen and oxygen atoms in total. The van der Waals surface area contributed by atoms with E-state index < -0.39 is 5.92 Å². The summed E-state index contributed by atoms with van der Waals surface area (Å²) < 4.78 is 0.582. The molecule has 3 aromatic rings. The number of carbonyl (C=O) groups is 1. The summed E-state index contributed by atoms with van der Waals surface area (Å²) in [7, 11) is 11.7. The smallest absolute Gasteiger partial charge is 0.376 e. The molecule has 0 aliphatic carbocycles. The van der Waals surface area contributed by atoms with Crippen molar-refractivity contribution in [3.8, 4) is 11.4 Å². The van der Waals surface area contributed by atoms with Gasteiger partial charge in [-0.1, -0.05) is 45.7 Å². The molecule has 0 amide bonds. The maximum Gasteiger partial charge on any atom is 0.376 e. The van der Waals surface area contributed by atoms with E-state index >= 15 is 0 Å². The van der Waals surface area contributed by atoms with E-state index in [1.54, 1.807) is 18.2 Å². The summed E-state index contributed by atoms with van der Waals surface area (Å²) in [6.07, 6.45) is 1.50. The van der Waals surface area contributed by atoms with E-state index in [1.165, 1.54) is 4.80 Å². The van der Waals surface area contributed by atoms with Crippen molar-refractivity contribution in [2.24, 2.45) is 5.92 Å². The molecule has 0 saturated heterocycles. The minimum absolute atomic E-state index is 0. The van der Waals surface area contributed by atoms with Gasteiger partial charge in [0.2, 0.25) is 0 Å². The van der Waals surface area contributed by atoms with Crippen LogP contribution in [0.25, 0.3) is 16.7 Å². The molecule has 2 aromatic carbocycles. The topological polar surface area (TPSA) is 77.2 Å². The number of halogens is 3. The molecule has 0 saturated carbocycles. The Morgan fingerprint density at radius 3 is 2.13 bits per heavy atom. The monoisotopic (exact) mass is 785 g/mol. The molecule has 0 aliphatic heterocycles. The number of fused-ring (bicyclic) bond motifs is 1. The Morgan fingerprint density at radius 2 is 1.62 bits per heavy atom. The van der Waals surface area contributed by atoms with Crippen molar-refractivity contribution in [2.75, 3.05) is 42.3 Å². The maximum absolute atomic E-state index is 13.5. The van der Waals surface area contributed by atoms with E-state index in [9.17, 15) is 9.90 Å². The van der Waals surface area contributed by atoms with Gasteiger partial charge in [0.25, 0.3) is 0 Å². The number of benzene rings is 2. The summed E-state index contributed by atoms with van der Waals surface area (Å²) in [5, 5.41) is 21.3. The second kappa shape index (κ2) is 13.2. The Morgan fingerprint density at radius 1 is 1.03 bits per heavy atom. The van der Waals surface area contributed by atoms with Gasteiger partial charge < -0.3 is 57.5 Å². The van der Waals surface area contributed by atoms with Gasteiger partial charge in [0.05, 0.1) is 21.1 Å². The highest BCUT2D eigenvalue weighted by atomic mass is 127. The quantitative estimate of drug-likeness (QED) is 0.188. The second-order valence-electron chi connectivity index (χ2n) is 12.6. The van der Waals surface area contributed by atoms with Gasteiger partial charge in [-0.05, 0) is 42.2 Å². The summed E-state index contributed by atoms with van der Waals surface area (Å²) in [6, 6.07) is 9.01. The van der Waals surface area contributed by atoms with Gasteiger partial charge in [-0.25, -0.2) is 4.79 Å². The zero-order valence-electron chi connectivity index (χ0n) is 24.6. The molecule has 1 heterocycles. The second-order valence-corrected chi connectivity index (χ2v) is 13.0. The molecular weight excluding hydrogens is 744 g/mol. The predicted octanol–water partition coefficient (Wildman–Crippen LogP) is -0.587. The Kier molecular flexibility index (Phi) is 12.1. The molecule has 11 heteroatoms. The molecule has 0 radical (unpaired) electrons. The van der Waals surface area contributed by atoms with Crippen LogP contribution in [-0.2, 0) is 15.0 Å². The minimum Gasteiger partial charge on any atom is -1.00 e. The van der Waals surface area contributed by atoms with E-state index in [4.69, 9.17) is 16.4 Å². The number of rotatable bonds is 8. The van der Waals surface area contributed by atoms with Crippen molar-refractivity contribution in [3.63, 3.8) is 0 Å². The molecule has 1 N–H and O–H groups in total. The molecule has 2 unspecified atom stereocenters. The molecule has 0 bridgehead atoms. The average molecular weight is 786 g/mol. The van der Waals surface area contributed by atoms with Gasteiger partial charge in [0.1, 0.15) is 55.6 Å². The summed E-state index contributed by atoms with van der Waals surface area (Å²) in [5.41, 5.74) is 3.07. The van der Waals surface area contributed by atoms with Gasteiger partial charge in [-0.3, -0.25) is 4.84 Å². The third-order valence-electron chi connectivity index (χ3n) is 6.30. The first kappa shape index (κ1) is 35.8. The van der Waals surface area contributed by atoms with Gasteiger partial charge in [-0.2, -0.15) is 0 Å². The number of hydrogen-bond acceptors (Lipinski definition) is 5. The third kappa shape index (κ3) is 8.64. The average Bonchev–Trinajstić information content (AvgIpc) is 3.14. The molecule has 0 spiro atoms. The summed E-state index contributed by atoms with van der Waals surface area (Å²) in [6.45, 7) is 8.24. The lowest BCUT2D eigenvalue weighted by Gasteiger charge is -2.39. The number of phenols is 1. The largest absolute Gasteiger partial charge is 1.00 e. The van der Waals surface area contributed by atoms with Crippen LogP contribution in [0.15, 0.2) is 30.3 Å². The van der Waals surface area contributed by atoms with Crippen LogP contribution in [0.4, 0.5) is 0 Å². The van der Waals surface area contributed by atoms with Crippen molar-refractivity contribution in [1.82, 2.24) is 15.0 Å². The van der Waals surface area contributed by atoms with Gasteiger partial charge in [0, 0.05) is 16.1 Å². The fourth-order valence-electron chi connectivity index (χ4n) is 4.80. The lowest BCUT2D eigenvalue weighted by atomic mass is 9.81. The highest BCUT2D eigenvalue weighted by Crippen LogP contribution is 2.42. The first-order valence-electron chi connectivity index (χ1n) is 12.7. The van der Waals surface area contributed by atoms with Crippen molar-refractivity contribution < 1.29 is 71.8 Å². The zero-order chi connectivity index (χ0) is 27.9. The lowest BCUT2D eigenvalue weighted by molar-refractivity contribution is -1.04. The number of hydroxylamine groups is 3. The fourth-order valence-corrected chi connectivity index (χ4v) is 4.97. The number of aromatic nitrogens is 3. The number of aromatic hydroxyl groups is 1. The van der Waals surface area contributed by atoms with E-state index in [2.05, 4.69) is 59.0 Å². The number of phenolic OH excluding ortho intramolecular Hbond substituents is 1. The Hall–Kier alpha value is -1.22. The highest BCUT2D eigenvalue weighted by Gasteiger charge is 2.42. The Bertz CT molecular complexity index is 1290. The van der Waals surface area contributed by atoms with E-state index in [0.717, 1.165) is 17.5 Å². The SMILES string of the molecule is CCCC(C(=O)O[N+](C)(C)C)C(c1cc(-n2nc3ccc(Cl)cc3n2)c(O)c(C(C)(C)C)c1)[N+](C)(C)C.[I-].[I-]. The van der Waals surface area contributed by atoms with Crippen molar-refractivity contribution in [2.45, 2.75) is 52.0 Å². The van der Waals surface area contributed by atoms with Gasteiger partial charge >= 0.3 is 5.97 Å². The molecule has 2 atom stereocenters. The normalized spacial score (nSPS) is 13.8. The molecule has 3 rings (SSSR count). The van der Waals surface area contributed by atoms with Crippen LogP contribution >= 0.6 is 11.6 Å². The number of quaternary nitrogens is 2. The molecule has 0 fully saturated rings. The summed E-state index contributed by atoms with van der Waals surface area (Å²) in [5.74, 6) is -0.517. The van der Waals surface area contributed by atoms with E-state index in [1.807, 2.05) is 33.3 Å². The van der Waals surface area contributed by atoms with Crippen LogP contribution in [0.5, 0.6) is 5.75 Å². The van der Waals surface area contributed by atoms with E-state index in [-0.39, 0.29) is 75.8 Å². The van der Waals surface area contributed by atoms with Crippen LogP contribution in [0, 0.1) is 5.92 Å². The maximum atomic E-state index is 13.5. The minimum atomic E-state index is -0.393. The van der Waals surface area contributed by atoms with Crippen molar-refractivity contribution >= 4 is 28.6 Å². The Labute approximate surface area is 271 Å². The fraction of sp³-hybridized carbons (Fsp3) is 0.536. The molecule has 39 heavy (non-hydrogen) atoms. The van der Waals surface area contributed by atoms with Crippen LogP contribution in [0.3, 0.4) is 0 Å². The van der Waals surface area contributed by atoms with Crippen LogP contribution in [0.2, 0.25) is 5.02 Å². The van der Waals surface area contributed by atoms with Gasteiger partial charge in [0.15, 0.2) is 0 Å². The lowest BCUT2D eigenvalue weighted by Crippen LogP contribution is -3.00. The molecule has 0 aliphatic rings. The summed E-state index contributed by atoms with van der Waals surface area (Å²) in [4.78, 5) is 20.8. The molecular formula is C28H42ClI2N5O3. The number of hydrogen-bond donors (Lipinski definition) is 1. The third-order valence-corrected chi connectivity index (χ3v) is 6.54. The van der Waals surface area contributed by atoms with E-state index in [0.29, 0.717) is 32.6 Å². The van der Waals surface area contributed by atoms with Crippen molar-refractivity contribution in [3.05, 3.63) is 46.5 Å². The zero-order valence-corrected chi connectivity index (χ0v) is 29.7. The number of carbonyl (C=O) groups excluding carboxylic acids is 1. The number of nitrogens with zero attached hydrogens (tertiary/aromatic N) is 5. The molecule has 218 valence electrons. The van der Waals surface area contributed by atoms with Crippen LogP contribution in [-0.4, -0.2) is 77.5 Å². The predicted molar refractivity (Wildman–Crippen MR) is 148 cm³/mol. The van der Waals surface area contributed by atoms with Gasteiger partial charge in [-0.15, -0.1) is 19.6 Å². The Balaban J connectivity index is 0.00000380. The van der Waals surface area contributed by atoms with Crippen LogP contribution in [0.1, 0.15) is 57.7 Å². The van der Waals surface area contributed by atoms with Crippen LogP contribution < -0.4 is 48.0 Å². The highest BCUT2D eigenvalue weighted by molar-refractivity contribution is 6.31.